The third-order valence-electron chi connectivity index (χ3n) is 6.57. The van der Waals surface area contributed by atoms with Gasteiger partial charge >= 0.3 is 0 Å². The fourth-order valence-electron chi connectivity index (χ4n) is 4.41. The predicted octanol–water partition coefficient (Wildman–Crippen LogP) is 5.17. The number of sulfonamides is 1. The zero-order chi connectivity index (χ0) is 30.0. The van der Waals surface area contributed by atoms with Crippen molar-refractivity contribution < 1.29 is 22.7 Å². The lowest BCUT2D eigenvalue weighted by atomic mass is 10.1. The van der Waals surface area contributed by atoms with E-state index in [9.17, 15) is 18.0 Å². The molecule has 3 aromatic carbocycles. The second kappa shape index (κ2) is 14.9. The van der Waals surface area contributed by atoms with E-state index in [0.717, 1.165) is 9.87 Å². The van der Waals surface area contributed by atoms with Crippen LogP contribution < -0.4 is 14.4 Å². The normalized spacial score (nSPS) is 12.0. The Morgan fingerprint density at radius 3 is 2.20 bits per heavy atom. The van der Waals surface area contributed by atoms with Gasteiger partial charge in [0.2, 0.25) is 11.8 Å². The minimum Gasteiger partial charge on any atom is -0.495 e. The number of hydrogen-bond donors (Lipinski definition) is 1. The van der Waals surface area contributed by atoms with Crippen molar-refractivity contribution in [1.29, 1.82) is 0 Å². The highest BCUT2D eigenvalue weighted by Gasteiger charge is 2.34. The highest BCUT2D eigenvalue weighted by molar-refractivity contribution is 7.92. The van der Waals surface area contributed by atoms with Crippen molar-refractivity contribution >= 4 is 39.1 Å². The molecule has 1 N–H and O–H groups in total. The number of hydrogen-bond acceptors (Lipinski definition) is 5. The Morgan fingerprint density at radius 1 is 0.976 bits per heavy atom. The van der Waals surface area contributed by atoms with E-state index < -0.39 is 28.5 Å². The third kappa shape index (κ3) is 8.47. The van der Waals surface area contributed by atoms with Crippen molar-refractivity contribution in [3.05, 3.63) is 89.4 Å². The Bertz CT molecular complexity index is 1400. The number of methoxy groups -OCH3 is 1. The fourth-order valence-corrected chi connectivity index (χ4v) is 6.01. The van der Waals surface area contributed by atoms with E-state index in [-0.39, 0.29) is 39.7 Å². The molecule has 0 aliphatic carbocycles. The van der Waals surface area contributed by atoms with Crippen LogP contribution in [0.5, 0.6) is 5.75 Å². The molecule has 0 fully saturated rings. The molecule has 10 heteroatoms. The van der Waals surface area contributed by atoms with Crippen molar-refractivity contribution in [1.82, 2.24) is 10.2 Å². The summed E-state index contributed by atoms with van der Waals surface area (Å²) >= 11 is 6.28. The van der Waals surface area contributed by atoms with Crippen molar-refractivity contribution in [2.45, 2.75) is 44.6 Å². The number of halogens is 1. The van der Waals surface area contributed by atoms with Gasteiger partial charge in [-0.15, -0.1) is 0 Å². The van der Waals surface area contributed by atoms with Gasteiger partial charge in [0.05, 0.1) is 17.7 Å². The summed E-state index contributed by atoms with van der Waals surface area (Å²) in [5.41, 5.74) is 1.12. The molecule has 0 spiro atoms. The molecule has 8 nitrogen and oxygen atoms in total. The quantitative estimate of drug-likeness (QED) is 0.276. The lowest BCUT2D eigenvalue weighted by Gasteiger charge is -2.33. The van der Waals surface area contributed by atoms with Gasteiger partial charge in [0.1, 0.15) is 18.3 Å². The number of amides is 2. The van der Waals surface area contributed by atoms with Crippen LogP contribution in [0.1, 0.15) is 32.8 Å². The van der Waals surface area contributed by atoms with Crippen molar-refractivity contribution in [2.24, 2.45) is 5.92 Å². The second-order valence-electron chi connectivity index (χ2n) is 10.0. The summed E-state index contributed by atoms with van der Waals surface area (Å²) in [6.07, 6.45) is 0.850. The second-order valence-corrected chi connectivity index (χ2v) is 12.3. The lowest BCUT2D eigenvalue weighted by molar-refractivity contribution is -0.139. The number of rotatable bonds is 14. The molecule has 0 heterocycles. The Balaban J connectivity index is 2.05. The maximum absolute atomic E-state index is 14.1. The lowest BCUT2D eigenvalue weighted by Crippen LogP contribution is -2.53. The summed E-state index contributed by atoms with van der Waals surface area (Å²) in [7, 11) is -2.81. The van der Waals surface area contributed by atoms with Crippen LogP contribution in [0, 0.1) is 5.92 Å². The number of ether oxygens (including phenoxy) is 1. The van der Waals surface area contributed by atoms with Crippen LogP contribution in [0.2, 0.25) is 5.02 Å². The van der Waals surface area contributed by atoms with Crippen LogP contribution in [-0.4, -0.2) is 57.9 Å². The third-order valence-corrected chi connectivity index (χ3v) is 8.58. The van der Waals surface area contributed by atoms with E-state index in [1.807, 2.05) is 51.1 Å². The standard InChI is InChI=1S/C31H38ClN3O5S/c1-5-27(31(37)33-21-23(2)3)34(19-18-24-12-8-6-9-13-24)30(36)22-35(28-20-25(32)16-17-29(28)40-4)41(38,39)26-14-10-7-11-15-26/h6-17,20,23,27H,5,18-19,21-22H2,1-4H3,(H,33,37)/t27-/m0/s1. The zero-order valence-electron chi connectivity index (χ0n) is 23.9. The Morgan fingerprint density at radius 2 is 1.61 bits per heavy atom. The Labute approximate surface area is 248 Å². The van der Waals surface area contributed by atoms with E-state index in [4.69, 9.17) is 16.3 Å². The van der Waals surface area contributed by atoms with E-state index >= 15 is 0 Å². The first kappa shape index (κ1) is 32.0. The van der Waals surface area contributed by atoms with Gasteiger partial charge in [-0.2, -0.15) is 0 Å². The Kier molecular flexibility index (Phi) is 11.6. The van der Waals surface area contributed by atoms with Crippen LogP contribution in [0.15, 0.2) is 83.8 Å². The highest BCUT2D eigenvalue weighted by atomic mass is 35.5. The van der Waals surface area contributed by atoms with E-state index in [0.29, 0.717) is 19.4 Å². The van der Waals surface area contributed by atoms with Gasteiger partial charge in [-0.1, -0.05) is 80.9 Å². The van der Waals surface area contributed by atoms with E-state index in [2.05, 4.69) is 5.32 Å². The molecule has 220 valence electrons. The summed E-state index contributed by atoms with van der Waals surface area (Å²) in [6.45, 7) is 5.94. The Hall–Kier alpha value is -3.56. The van der Waals surface area contributed by atoms with Gasteiger partial charge < -0.3 is 15.0 Å². The molecule has 3 aromatic rings. The molecule has 0 aliphatic heterocycles. The molecular weight excluding hydrogens is 562 g/mol. The monoisotopic (exact) mass is 599 g/mol. The molecule has 0 radical (unpaired) electrons. The smallest absolute Gasteiger partial charge is 0.264 e. The number of carbonyl (C=O) groups is 2. The maximum atomic E-state index is 14.1. The van der Waals surface area contributed by atoms with E-state index in [1.54, 1.807) is 30.3 Å². The largest absolute Gasteiger partial charge is 0.495 e. The van der Waals surface area contributed by atoms with Crippen LogP contribution in [0.4, 0.5) is 5.69 Å². The van der Waals surface area contributed by atoms with Crippen molar-refractivity contribution in [2.75, 3.05) is 31.0 Å². The minimum absolute atomic E-state index is 0.00684. The van der Waals surface area contributed by atoms with Crippen LogP contribution in [0.25, 0.3) is 0 Å². The van der Waals surface area contributed by atoms with Crippen molar-refractivity contribution in [3.8, 4) is 5.75 Å². The molecule has 0 bridgehead atoms. The highest BCUT2D eigenvalue weighted by Crippen LogP contribution is 2.35. The topological polar surface area (TPSA) is 96.0 Å². The first-order chi connectivity index (χ1) is 19.6. The summed E-state index contributed by atoms with van der Waals surface area (Å²) in [4.78, 5) is 28.9. The predicted molar refractivity (Wildman–Crippen MR) is 163 cm³/mol. The first-order valence-electron chi connectivity index (χ1n) is 13.6. The molecule has 1 atom stereocenters. The SMILES string of the molecule is CC[C@@H](C(=O)NCC(C)C)N(CCc1ccccc1)C(=O)CN(c1cc(Cl)ccc1OC)S(=O)(=O)c1ccccc1. The van der Waals surface area contributed by atoms with Crippen molar-refractivity contribution in [3.63, 3.8) is 0 Å². The van der Waals surface area contributed by atoms with Gasteiger partial charge in [0.15, 0.2) is 0 Å². The zero-order valence-corrected chi connectivity index (χ0v) is 25.5. The number of benzene rings is 3. The molecule has 0 unspecified atom stereocenters. The minimum atomic E-state index is -4.23. The molecule has 0 aromatic heterocycles. The number of anilines is 1. The van der Waals surface area contributed by atoms with Gasteiger partial charge in [-0.25, -0.2) is 8.42 Å². The van der Waals surface area contributed by atoms with Gasteiger partial charge in [-0.3, -0.25) is 13.9 Å². The fraction of sp³-hybridized carbons (Fsp3) is 0.355. The molecular formula is C31H38ClN3O5S. The number of nitrogens with zero attached hydrogens (tertiary/aromatic N) is 2. The summed E-state index contributed by atoms with van der Waals surface area (Å²) in [6, 6.07) is 21.3. The summed E-state index contributed by atoms with van der Waals surface area (Å²) in [5.74, 6) is -0.333. The molecule has 3 rings (SSSR count). The average Bonchev–Trinajstić information content (AvgIpc) is 2.97. The van der Waals surface area contributed by atoms with E-state index in [1.165, 1.54) is 30.2 Å². The first-order valence-corrected chi connectivity index (χ1v) is 15.4. The molecule has 0 aliphatic rings. The van der Waals surface area contributed by atoms with Gasteiger partial charge in [0, 0.05) is 18.1 Å². The summed E-state index contributed by atoms with van der Waals surface area (Å²) < 4.78 is 34.4. The number of carbonyl (C=O) groups excluding carboxylic acids is 2. The number of nitrogens with one attached hydrogen (secondary N) is 1. The molecule has 2 amide bonds. The van der Waals surface area contributed by atoms with Crippen LogP contribution in [-0.2, 0) is 26.0 Å². The summed E-state index contributed by atoms with van der Waals surface area (Å²) in [5, 5.41) is 3.21. The van der Waals surface area contributed by atoms with Crippen LogP contribution >= 0.6 is 11.6 Å². The van der Waals surface area contributed by atoms with Gasteiger partial charge in [0.25, 0.3) is 10.0 Å². The maximum Gasteiger partial charge on any atom is 0.264 e. The average molecular weight is 600 g/mol. The molecule has 0 saturated carbocycles. The van der Waals surface area contributed by atoms with Gasteiger partial charge in [-0.05, 0) is 54.7 Å². The molecule has 0 saturated heterocycles. The van der Waals surface area contributed by atoms with Crippen LogP contribution in [0.3, 0.4) is 0 Å². The molecule has 41 heavy (non-hydrogen) atoms.